The maximum atomic E-state index is 11.0. The molecule has 2 rings (SSSR count). The molecule has 1 saturated heterocycles. The second kappa shape index (κ2) is 7.63. The van der Waals surface area contributed by atoms with Gasteiger partial charge in [-0.05, 0) is 36.4 Å². The molecule has 1 heterocycles. The Morgan fingerprint density at radius 2 is 2.23 bits per heavy atom. The number of nitrogens with one attached hydrogen (secondary N) is 1. The van der Waals surface area contributed by atoms with E-state index in [0.29, 0.717) is 11.8 Å². The van der Waals surface area contributed by atoms with Crippen LogP contribution in [0.1, 0.15) is 44.2 Å². The molecule has 0 unspecified atom stereocenters. The summed E-state index contributed by atoms with van der Waals surface area (Å²) in [5, 5.41) is 2.93. The zero-order valence-electron chi connectivity index (χ0n) is 14.2. The lowest BCUT2D eigenvalue weighted by molar-refractivity contribution is -0.119. The Morgan fingerprint density at radius 1 is 1.45 bits per heavy atom. The van der Waals surface area contributed by atoms with Gasteiger partial charge in [-0.25, -0.2) is 0 Å². The van der Waals surface area contributed by atoms with Crippen molar-refractivity contribution >= 4 is 5.91 Å². The summed E-state index contributed by atoms with van der Waals surface area (Å²) < 4.78 is 5.51. The molecule has 1 aromatic rings. The molecule has 1 atom stereocenters. The average molecular weight is 304 g/mol. The zero-order chi connectivity index (χ0) is 16.1. The Bertz CT molecular complexity index is 514. The first-order valence-electron chi connectivity index (χ1n) is 8.13. The van der Waals surface area contributed by atoms with Gasteiger partial charge >= 0.3 is 0 Å². The van der Waals surface area contributed by atoms with E-state index in [1.165, 1.54) is 11.1 Å². The Morgan fingerprint density at radius 3 is 2.86 bits per heavy atom. The molecule has 0 bridgehead atoms. The van der Waals surface area contributed by atoms with Crippen molar-refractivity contribution in [3.05, 3.63) is 29.3 Å². The maximum absolute atomic E-state index is 11.0. The molecule has 1 fully saturated rings. The molecule has 1 amide bonds. The highest BCUT2D eigenvalue weighted by Crippen LogP contribution is 2.27. The first-order valence-corrected chi connectivity index (χ1v) is 8.13. The number of amides is 1. The normalized spacial score (nSPS) is 18.7. The molecule has 4 nitrogen and oxygen atoms in total. The van der Waals surface area contributed by atoms with Crippen molar-refractivity contribution in [1.29, 1.82) is 0 Å². The first kappa shape index (κ1) is 16.8. The highest BCUT2D eigenvalue weighted by molar-refractivity contribution is 5.72. The topological polar surface area (TPSA) is 41.6 Å². The van der Waals surface area contributed by atoms with Crippen LogP contribution in [-0.2, 0) is 11.3 Å². The van der Waals surface area contributed by atoms with E-state index in [0.717, 1.165) is 38.3 Å². The molecule has 4 heteroatoms. The van der Waals surface area contributed by atoms with Crippen molar-refractivity contribution in [3.8, 4) is 5.75 Å². The van der Waals surface area contributed by atoms with E-state index in [4.69, 9.17) is 4.74 Å². The minimum absolute atomic E-state index is 0.0600. The third-order valence-electron chi connectivity index (χ3n) is 4.37. The number of hydrogen-bond donors (Lipinski definition) is 1. The van der Waals surface area contributed by atoms with Crippen LogP contribution in [0, 0.1) is 5.92 Å². The van der Waals surface area contributed by atoms with Gasteiger partial charge in [0.15, 0.2) is 0 Å². The van der Waals surface area contributed by atoms with Crippen LogP contribution in [0.3, 0.4) is 0 Å². The van der Waals surface area contributed by atoms with Gasteiger partial charge < -0.3 is 10.1 Å². The molecule has 1 aliphatic rings. The summed E-state index contributed by atoms with van der Waals surface area (Å²) in [6, 6.07) is 6.50. The zero-order valence-corrected chi connectivity index (χ0v) is 14.2. The molecule has 122 valence electrons. The number of carbonyl (C=O) groups excluding carboxylic acids is 1. The minimum atomic E-state index is 0.0600. The van der Waals surface area contributed by atoms with E-state index in [9.17, 15) is 4.79 Å². The van der Waals surface area contributed by atoms with Gasteiger partial charge in [-0.15, -0.1) is 0 Å². The number of benzene rings is 1. The van der Waals surface area contributed by atoms with Gasteiger partial charge in [-0.3, -0.25) is 9.69 Å². The smallest absolute Gasteiger partial charge is 0.216 e. The van der Waals surface area contributed by atoms with Gasteiger partial charge in [0.05, 0.1) is 7.11 Å². The fraction of sp³-hybridized carbons (Fsp3) is 0.611. The van der Waals surface area contributed by atoms with E-state index in [1.54, 1.807) is 14.0 Å². The summed E-state index contributed by atoms with van der Waals surface area (Å²) in [4.78, 5) is 13.5. The summed E-state index contributed by atoms with van der Waals surface area (Å²) in [5.74, 6) is 2.11. The molecular weight excluding hydrogens is 276 g/mol. The number of rotatable bonds is 6. The van der Waals surface area contributed by atoms with Crippen LogP contribution < -0.4 is 10.1 Å². The van der Waals surface area contributed by atoms with Crippen molar-refractivity contribution < 1.29 is 9.53 Å². The highest BCUT2D eigenvalue weighted by Gasteiger charge is 2.23. The Balaban J connectivity index is 1.98. The first-order chi connectivity index (χ1) is 10.5. The maximum Gasteiger partial charge on any atom is 0.216 e. The summed E-state index contributed by atoms with van der Waals surface area (Å²) >= 11 is 0. The summed E-state index contributed by atoms with van der Waals surface area (Å²) in [5.41, 5.74) is 2.61. The van der Waals surface area contributed by atoms with Gasteiger partial charge in [-0.2, -0.15) is 0 Å². The van der Waals surface area contributed by atoms with Crippen LogP contribution in [-0.4, -0.2) is 37.6 Å². The number of carbonyl (C=O) groups is 1. The highest BCUT2D eigenvalue weighted by atomic mass is 16.5. The average Bonchev–Trinajstić information content (AvgIpc) is 2.92. The Kier molecular flexibility index (Phi) is 5.83. The molecule has 1 N–H and O–H groups in total. The predicted octanol–water partition coefficient (Wildman–Crippen LogP) is 2.78. The second-order valence-electron chi connectivity index (χ2n) is 6.55. The molecule has 0 radical (unpaired) electrons. The monoisotopic (exact) mass is 304 g/mol. The SMILES string of the molecule is COc1ccc(C(C)C)cc1CN1CC[C@H](CNC(C)=O)C1. The number of ether oxygens (including phenoxy) is 1. The number of nitrogens with zero attached hydrogens (tertiary/aromatic N) is 1. The van der Waals surface area contributed by atoms with Gasteiger partial charge in [-0.1, -0.05) is 26.0 Å². The third-order valence-corrected chi connectivity index (χ3v) is 4.37. The lowest BCUT2D eigenvalue weighted by Gasteiger charge is -2.19. The van der Waals surface area contributed by atoms with Crippen LogP contribution in [0.5, 0.6) is 5.75 Å². The predicted molar refractivity (Wildman–Crippen MR) is 89.2 cm³/mol. The summed E-state index contributed by atoms with van der Waals surface area (Å²) in [6.45, 7) is 9.83. The van der Waals surface area contributed by atoms with Crippen molar-refractivity contribution in [1.82, 2.24) is 10.2 Å². The lowest BCUT2D eigenvalue weighted by atomic mass is 10.00. The molecular formula is C18H28N2O2. The Labute approximate surface area is 133 Å². The number of hydrogen-bond acceptors (Lipinski definition) is 3. The quantitative estimate of drug-likeness (QED) is 0.878. The standard InChI is InChI=1S/C18H28N2O2/c1-13(2)16-5-6-18(22-4)17(9-16)12-20-8-7-15(11-20)10-19-14(3)21/h5-6,9,13,15H,7-8,10-12H2,1-4H3,(H,19,21)/t15-/m1/s1. The number of likely N-dealkylation sites (tertiary alicyclic amines) is 1. The van der Waals surface area contributed by atoms with Gasteiger partial charge in [0, 0.05) is 32.1 Å². The van der Waals surface area contributed by atoms with Crippen molar-refractivity contribution in [3.63, 3.8) is 0 Å². The summed E-state index contributed by atoms with van der Waals surface area (Å²) in [7, 11) is 1.73. The van der Waals surface area contributed by atoms with Gasteiger partial charge in [0.1, 0.15) is 5.75 Å². The molecule has 1 aromatic carbocycles. The fourth-order valence-corrected chi connectivity index (χ4v) is 3.03. The number of methoxy groups -OCH3 is 1. The van der Waals surface area contributed by atoms with Crippen molar-refractivity contribution in [2.24, 2.45) is 5.92 Å². The Hall–Kier alpha value is -1.55. The van der Waals surface area contributed by atoms with E-state index >= 15 is 0 Å². The van der Waals surface area contributed by atoms with E-state index in [1.807, 2.05) is 0 Å². The van der Waals surface area contributed by atoms with Crippen molar-refractivity contribution in [2.45, 2.75) is 39.7 Å². The van der Waals surface area contributed by atoms with Crippen LogP contribution >= 0.6 is 0 Å². The molecule has 0 aliphatic carbocycles. The van der Waals surface area contributed by atoms with Crippen LogP contribution in [0.2, 0.25) is 0 Å². The second-order valence-corrected chi connectivity index (χ2v) is 6.55. The van der Waals surface area contributed by atoms with Crippen LogP contribution in [0.25, 0.3) is 0 Å². The molecule has 0 spiro atoms. The van der Waals surface area contributed by atoms with Gasteiger partial charge in [0.25, 0.3) is 0 Å². The van der Waals surface area contributed by atoms with Crippen LogP contribution in [0.15, 0.2) is 18.2 Å². The fourth-order valence-electron chi connectivity index (χ4n) is 3.03. The van der Waals surface area contributed by atoms with E-state index in [2.05, 4.69) is 42.3 Å². The summed E-state index contributed by atoms with van der Waals surface area (Å²) in [6.07, 6.45) is 1.15. The third kappa shape index (κ3) is 4.47. The lowest BCUT2D eigenvalue weighted by Crippen LogP contribution is -2.29. The van der Waals surface area contributed by atoms with Crippen LogP contribution in [0.4, 0.5) is 0 Å². The molecule has 0 aromatic heterocycles. The molecule has 0 saturated carbocycles. The van der Waals surface area contributed by atoms with Crippen molar-refractivity contribution in [2.75, 3.05) is 26.7 Å². The molecule has 22 heavy (non-hydrogen) atoms. The molecule has 1 aliphatic heterocycles. The largest absolute Gasteiger partial charge is 0.496 e. The van der Waals surface area contributed by atoms with E-state index < -0.39 is 0 Å². The van der Waals surface area contributed by atoms with E-state index in [-0.39, 0.29) is 5.91 Å². The van der Waals surface area contributed by atoms with Gasteiger partial charge in [0.2, 0.25) is 5.91 Å². The minimum Gasteiger partial charge on any atom is -0.496 e.